The monoisotopic (exact) mass is 376 g/mol. The first-order valence-corrected chi connectivity index (χ1v) is 10.3. The fourth-order valence-corrected chi connectivity index (χ4v) is 4.93. The highest BCUT2D eigenvalue weighted by Crippen LogP contribution is 2.66. The maximum absolute atomic E-state index is 11.3. The van der Waals surface area contributed by atoms with Gasteiger partial charge in [-0.05, 0) is 63.2 Å². The molecule has 3 rings (SSSR count). The summed E-state index contributed by atoms with van der Waals surface area (Å²) >= 11 is 0. The molecule has 3 aliphatic rings. The molecule has 3 atom stereocenters. The second kappa shape index (κ2) is 8.62. The van der Waals surface area contributed by atoms with Crippen LogP contribution in [-0.4, -0.2) is 24.1 Å². The Labute approximate surface area is 164 Å². The molecule has 3 aliphatic carbocycles. The van der Waals surface area contributed by atoms with Crippen molar-refractivity contribution < 1.29 is 19.1 Å². The Morgan fingerprint density at radius 1 is 1.04 bits per heavy atom. The molecule has 1 unspecified atom stereocenters. The topological polar surface area (TPSA) is 52.6 Å². The standard InChI is InChI=1S/C13H20O2.C10H16O2/c1-5-11(14)15-10-8-9-6-7-13(10,4)12(9,2)3;1-8(2)10(11)12-9-6-4-3-5-7-9/h5,9-10H,1,6-8H2,2-4H3;9H,1,3-7H2,2H3/t9-,10?,13-;/m1./s1. The van der Waals surface area contributed by atoms with Gasteiger partial charge in [0, 0.05) is 17.1 Å². The number of hydrogen-bond acceptors (Lipinski definition) is 4. The summed E-state index contributed by atoms with van der Waals surface area (Å²) in [4.78, 5) is 22.3. The molecule has 0 N–H and O–H groups in total. The molecule has 2 bridgehead atoms. The van der Waals surface area contributed by atoms with Crippen LogP contribution in [0.2, 0.25) is 0 Å². The molecule has 4 nitrogen and oxygen atoms in total. The van der Waals surface area contributed by atoms with Crippen molar-refractivity contribution in [2.24, 2.45) is 16.7 Å². The van der Waals surface area contributed by atoms with Gasteiger partial charge in [-0.1, -0.05) is 40.3 Å². The predicted molar refractivity (Wildman–Crippen MR) is 107 cm³/mol. The Kier molecular flexibility index (Phi) is 6.93. The second-order valence-electron chi connectivity index (χ2n) is 9.19. The van der Waals surface area contributed by atoms with Gasteiger partial charge in [0.15, 0.2) is 0 Å². The van der Waals surface area contributed by atoms with Crippen molar-refractivity contribution in [2.45, 2.75) is 91.3 Å². The van der Waals surface area contributed by atoms with Crippen molar-refractivity contribution in [3.05, 3.63) is 24.8 Å². The van der Waals surface area contributed by atoms with Crippen LogP contribution >= 0.6 is 0 Å². The first-order valence-electron chi connectivity index (χ1n) is 10.3. The average Bonchev–Trinajstić information content (AvgIpc) is 2.96. The molecule has 0 aromatic rings. The number of fused-ring (bicyclic) bond motifs is 2. The van der Waals surface area contributed by atoms with Crippen LogP contribution < -0.4 is 0 Å². The largest absolute Gasteiger partial charge is 0.459 e. The minimum atomic E-state index is -0.274. The molecule has 0 aromatic heterocycles. The van der Waals surface area contributed by atoms with Crippen LogP contribution in [0.5, 0.6) is 0 Å². The number of esters is 2. The van der Waals surface area contributed by atoms with E-state index in [1.165, 1.54) is 38.2 Å². The first kappa shape index (κ1) is 21.7. The maximum atomic E-state index is 11.3. The summed E-state index contributed by atoms with van der Waals surface area (Å²) in [6.07, 6.45) is 10.7. The third-order valence-corrected chi connectivity index (χ3v) is 7.31. The van der Waals surface area contributed by atoms with Gasteiger partial charge in [0.2, 0.25) is 0 Å². The molecule has 0 saturated heterocycles. The smallest absolute Gasteiger partial charge is 0.333 e. The van der Waals surface area contributed by atoms with E-state index in [2.05, 4.69) is 33.9 Å². The van der Waals surface area contributed by atoms with Crippen LogP contribution in [0.1, 0.15) is 79.1 Å². The molecule has 0 heterocycles. The predicted octanol–water partition coefficient (Wildman–Crippen LogP) is 5.37. The summed E-state index contributed by atoms with van der Waals surface area (Å²) in [7, 11) is 0. The lowest BCUT2D eigenvalue weighted by atomic mass is 9.70. The van der Waals surface area contributed by atoms with Gasteiger partial charge in [-0.2, -0.15) is 0 Å². The highest BCUT2D eigenvalue weighted by atomic mass is 16.5. The maximum Gasteiger partial charge on any atom is 0.333 e. The average molecular weight is 377 g/mol. The Bertz CT molecular complexity index is 585. The number of ether oxygens (including phenoxy) is 2. The molecular weight excluding hydrogens is 340 g/mol. The molecule has 0 aliphatic heterocycles. The Hall–Kier alpha value is -1.58. The van der Waals surface area contributed by atoms with E-state index in [0.29, 0.717) is 16.9 Å². The van der Waals surface area contributed by atoms with Gasteiger partial charge in [0.1, 0.15) is 12.2 Å². The van der Waals surface area contributed by atoms with Gasteiger partial charge < -0.3 is 9.47 Å². The van der Waals surface area contributed by atoms with E-state index in [9.17, 15) is 9.59 Å². The minimum Gasteiger partial charge on any atom is -0.459 e. The highest BCUT2D eigenvalue weighted by Gasteiger charge is 2.62. The number of rotatable bonds is 4. The molecular formula is C23H36O4. The Balaban J connectivity index is 0.000000199. The third kappa shape index (κ3) is 4.64. The van der Waals surface area contributed by atoms with E-state index in [-0.39, 0.29) is 29.6 Å². The van der Waals surface area contributed by atoms with Crippen LogP contribution in [-0.2, 0) is 19.1 Å². The van der Waals surface area contributed by atoms with E-state index in [1.807, 2.05) is 0 Å². The molecule has 27 heavy (non-hydrogen) atoms. The molecule has 4 heteroatoms. The van der Waals surface area contributed by atoms with E-state index < -0.39 is 0 Å². The zero-order valence-corrected chi connectivity index (χ0v) is 17.5. The minimum absolute atomic E-state index is 0.0942. The third-order valence-electron chi connectivity index (χ3n) is 7.31. The van der Waals surface area contributed by atoms with E-state index >= 15 is 0 Å². The zero-order valence-electron chi connectivity index (χ0n) is 17.5. The summed E-state index contributed by atoms with van der Waals surface area (Å²) in [6.45, 7) is 15.6. The highest BCUT2D eigenvalue weighted by molar-refractivity contribution is 5.87. The molecule has 0 amide bonds. The van der Waals surface area contributed by atoms with Gasteiger partial charge in [0.05, 0.1) is 0 Å². The fraction of sp³-hybridized carbons (Fsp3) is 0.739. The molecule has 0 spiro atoms. The normalized spacial score (nSPS) is 31.4. The molecule has 152 valence electrons. The van der Waals surface area contributed by atoms with Crippen LogP contribution in [0.3, 0.4) is 0 Å². The number of carbonyl (C=O) groups is 2. The van der Waals surface area contributed by atoms with Gasteiger partial charge in [-0.3, -0.25) is 0 Å². The van der Waals surface area contributed by atoms with E-state index in [1.54, 1.807) is 6.92 Å². The number of hydrogen-bond donors (Lipinski definition) is 0. The summed E-state index contributed by atoms with van der Waals surface area (Å²) in [5.74, 6) is 0.205. The van der Waals surface area contributed by atoms with Gasteiger partial charge in [-0.15, -0.1) is 0 Å². The Morgan fingerprint density at radius 2 is 1.67 bits per heavy atom. The van der Waals surface area contributed by atoms with Crippen molar-refractivity contribution in [3.8, 4) is 0 Å². The van der Waals surface area contributed by atoms with Crippen LogP contribution in [0.4, 0.5) is 0 Å². The number of carbonyl (C=O) groups excluding carboxylic acids is 2. The SMILES string of the molecule is C=C(C)C(=O)OC1CCCCC1.C=CC(=O)OC1C[C@H]2CC[C@@]1(C)C2(C)C. The van der Waals surface area contributed by atoms with Crippen molar-refractivity contribution >= 4 is 11.9 Å². The molecule has 0 aromatic carbocycles. The lowest BCUT2D eigenvalue weighted by Crippen LogP contribution is -2.38. The zero-order chi connectivity index (χ0) is 20.2. The summed E-state index contributed by atoms with van der Waals surface area (Å²) < 4.78 is 10.7. The molecule has 3 fully saturated rings. The lowest BCUT2D eigenvalue weighted by molar-refractivity contribution is -0.150. The summed E-state index contributed by atoms with van der Waals surface area (Å²) in [5, 5.41) is 0. The van der Waals surface area contributed by atoms with Gasteiger partial charge in [0.25, 0.3) is 0 Å². The van der Waals surface area contributed by atoms with Gasteiger partial charge >= 0.3 is 11.9 Å². The summed E-state index contributed by atoms with van der Waals surface area (Å²) in [5.41, 5.74) is 0.968. The lowest BCUT2D eigenvalue weighted by Gasteiger charge is -2.38. The molecule has 3 saturated carbocycles. The molecule has 0 radical (unpaired) electrons. The van der Waals surface area contributed by atoms with Gasteiger partial charge in [-0.25, -0.2) is 9.59 Å². The van der Waals surface area contributed by atoms with Crippen molar-refractivity contribution in [3.63, 3.8) is 0 Å². The fourth-order valence-electron chi connectivity index (χ4n) is 4.93. The van der Waals surface area contributed by atoms with Crippen LogP contribution in [0.25, 0.3) is 0 Å². The van der Waals surface area contributed by atoms with E-state index in [0.717, 1.165) is 19.3 Å². The van der Waals surface area contributed by atoms with Crippen molar-refractivity contribution in [1.82, 2.24) is 0 Å². The van der Waals surface area contributed by atoms with Crippen molar-refractivity contribution in [1.29, 1.82) is 0 Å². The Morgan fingerprint density at radius 3 is 2.11 bits per heavy atom. The van der Waals surface area contributed by atoms with Crippen molar-refractivity contribution in [2.75, 3.05) is 0 Å². The first-order chi connectivity index (χ1) is 12.6. The quantitative estimate of drug-likeness (QED) is 0.489. The van der Waals surface area contributed by atoms with E-state index in [4.69, 9.17) is 9.47 Å². The van der Waals surface area contributed by atoms with Crippen LogP contribution in [0.15, 0.2) is 24.8 Å². The summed E-state index contributed by atoms with van der Waals surface area (Å²) in [6, 6.07) is 0. The second-order valence-corrected chi connectivity index (χ2v) is 9.19. The van der Waals surface area contributed by atoms with Crippen LogP contribution in [0, 0.1) is 16.7 Å².